The predicted octanol–water partition coefficient (Wildman–Crippen LogP) is 4.14. The molecule has 1 aromatic carbocycles. The molecule has 0 aliphatic rings. The van der Waals surface area contributed by atoms with E-state index in [1.54, 1.807) is 24.1 Å². The maximum absolute atomic E-state index is 12.0. The van der Waals surface area contributed by atoms with E-state index < -0.39 is 0 Å². The number of hydrogen-bond acceptors (Lipinski definition) is 4. The van der Waals surface area contributed by atoms with Crippen molar-refractivity contribution in [3.63, 3.8) is 0 Å². The molecule has 24 heavy (non-hydrogen) atoms. The molecule has 0 radical (unpaired) electrons. The normalized spacial score (nSPS) is 12.0. The summed E-state index contributed by atoms with van der Waals surface area (Å²) in [6.45, 7) is 2.70. The third kappa shape index (κ3) is 8.48. The van der Waals surface area contributed by atoms with Crippen molar-refractivity contribution < 1.29 is 4.79 Å². The zero-order chi connectivity index (χ0) is 17.6. The molecule has 0 fully saturated rings. The van der Waals surface area contributed by atoms with E-state index in [0.717, 1.165) is 42.0 Å². The number of allylic oxidation sites excluding steroid dienone is 3. The highest BCUT2D eigenvalue weighted by Crippen LogP contribution is 2.11. The summed E-state index contributed by atoms with van der Waals surface area (Å²) in [5.41, 5.74) is 2.83. The van der Waals surface area contributed by atoms with Crippen molar-refractivity contribution in [1.29, 1.82) is 5.41 Å². The van der Waals surface area contributed by atoms with Crippen LogP contribution in [0.1, 0.15) is 18.9 Å². The number of anilines is 1. The number of aryl methyl sites for hydroxylation is 1. The molecule has 0 atom stereocenters. The molecule has 0 aromatic heterocycles. The Morgan fingerprint density at radius 1 is 1.29 bits per heavy atom. The molecule has 0 bridgehead atoms. The van der Waals surface area contributed by atoms with Gasteiger partial charge in [0.1, 0.15) is 0 Å². The van der Waals surface area contributed by atoms with Crippen molar-refractivity contribution in [1.82, 2.24) is 0 Å². The fraction of sp³-hybridized carbons (Fsp3) is 0.316. The zero-order valence-corrected chi connectivity index (χ0v) is 15.1. The average Bonchev–Trinajstić information content (AvgIpc) is 2.60. The average molecular weight is 343 g/mol. The number of nitrogens with zero attached hydrogens (tertiary/aromatic N) is 1. The van der Waals surface area contributed by atoms with Crippen LogP contribution in [-0.4, -0.2) is 36.9 Å². The van der Waals surface area contributed by atoms with Crippen LogP contribution in [0.3, 0.4) is 0 Å². The first-order valence-electron chi connectivity index (χ1n) is 7.91. The van der Waals surface area contributed by atoms with Crippen molar-refractivity contribution in [3.05, 3.63) is 53.6 Å². The minimum Gasteiger partial charge on any atom is -0.323 e. The first-order chi connectivity index (χ1) is 11.7. The van der Waals surface area contributed by atoms with Gasteiger partial charge in [-0.1, -0.05) is 18.2 Å². The summed E-state index contributed by atoms with van der Waals surface area (Å²) >= 11 is 1.76. The largest absolute Gasteiger partial charge is 0.323 e. The summed E-state index contributed by atoms with van der Waals surface area (Å²) in [4.78, 5) is 16.3. The van der Waals surface area contributed by atoms with E-state index in [1.807, 2.05) is 37.3 Å². The number of aliphatic imine (C=N–C) groups is 1. The summed E-state index contributed by atoms with van der Waals surface area (Å²) in [6.07, 6.45) is 12.0. The Balaban J connectivity index is 2.51. The number of nitrogens with one attached hydrogen (secondary N) is 2. The summed E-state index contributed by atoms with van der Waals surface area (Å²) in [5.74, 6) is 0.826. The molecule has 0 aliphatic heterocycles. The highest BCUT2D eigenvalue weighted by Gasteiger charge is 1.99. The molecule has 2 N–H and O–H groups in total. The Morgan fingerprint density at radius 2 is 2.04 bits per heavy atom. The zero-order valence-electron chi connectivity index (χ0n) is 14.3. The van der Waals surface area contributed by atoms with Gasteiger partial charge < -0.3 is 10.7 Å². The lowest BCUT2D eigenvalue weighted by atomic mass is 10.1. The van der Waals surface area contributed by atoms with Crippen LogP contribution in [0, 0.1) is 5.41 Å². The number of thioether (sulfide) groups is 1. The molecule has 0 unspecified atom stereocenters. The summed E-state index contributed by atoms with van der Waals surface area (Å²) < 4.78 is 0. The van der Waals surface area contributed by atoms with Gasteiger partial charge in [-0.25, -0.2) is 0 Å². The number of rotatable bonds is 10. The van der Waals surface area contributed by atoms with Crippen molar-refractivity contribution in [2.45, 2.75) is 19.8 Å². The molecular weight excluding hydrogens is 318 g/mol. The molecule has 1 amide bonds. The maximum Gasteiger partial charge on any atom is 0.248 e. The van der Waals surface area contributed by atoms with Crippen LogP contribution in [0.15, 0.2) is 53.1 Å². The Kier molecular flexibility index (Phi) is 10.2. The van der Waals surface area contributed by atoms with E-state index in [-0.39, 0.29) is 5.91 Å². The maximum atomic E-state index is 12.0. The van der Waals surface area contributed by atoms with Gasteiger partial charge in [-0.2, -0.15) is 11.8 Å². The van der Waals surface area contributed by atoms with Gasteiger partial charge in [-0.15, -0.1) is 0 Å². The summed E-state index contributed by atoms with van der Waals surface area (Å²) in [5, 5.41) is 9.88. The number of hydrogen-bond donors (Lipinski definition) is 2. The van der Waals surface area contributed by atoms with E-state index in [1.165, 1.54) is 12.3 Å². The first kappa shape index (κ1) is 19.9. The molecule has 1 rings (SSSR count). The lowest BCUT2D eigenvalue weighted by molar-refractivity contribution is -0.111. The molecule has 0 aliphatic carbocycles. The first-order valence-corrected chi connectivity index (χ1v) is 9.31. The van der Waals surface area contributed by atoms with Crippen LogP contribution in [-0.2, 0) is 11.2 Å². The topological polar surface area (TPSA) is 65.3 Å². The molecule has 0 saturated heterocycles. The Hall–Kier alpha value is -2.14. The predicted molar refractivity (Wildman–Crippen MR) is 107 cm³/mol. The Labute approximate surface area is 148 Å². The minimum absolute atomic E-state index is 0.167. The van der Waals surface area contributed by atoms with Crippen LogP contribution >= 0.6 is 11.8 Å². The van der Waals surface area contributed by atoms with Gasteiger partial charge in [0.05, 0.1) is 0 Å². The van der Waals surface area contributed by atoms with Gasteiger partial charge in [0.2, 0.25) is 5.91 Å². The van der Waals surface area contributed by atoms with Crippen molar-refractivity contribution in [2.75, 3.05) is 23.9 Å². The lowest BCUT2D eigenvalue weighted by Gasteiger charge is -2.04. The van der Waals surface area contributed by atoms with Crippen molar-refractivity contribution >= 4 is 35.8 Å². The SMILES string of the molecule is C/C=C(\C=N/CCSC)/C=C/C(=O)Nc1ccc(CCC=N)cc1. The van der Waals surface area contributed by atoms with Gasteiger partial charge in [0.25, 0.3) is 0 Å². The number of amides is 1. The molecule has 0 spiro atoms. The highest BCUT2D eigenvalue weighted by atomic mass is 32.2. The van der Waals surface area contributed by atoms with Crippen molar-refractivity contribution in [2.24, 2.45) is 4.99 Å². The molecule has 1 aromatic rings. The fourth-order valence-electron chi connectivity index (χ4n) is 1.88. The molecular formula is C19H25N3OS. The van der Waals surface area contributed by atoms with E-state index in [9.17, 15) is 4.79 Å². The second kappa shape index (κ2) is 12.3. The highest BCUT2D eigenvalue weighted by molar-refractivity contribution is 7.98. The van der Waals surface area contributed by atoms with Gasteiger partial charge in [0.15, 0.2) is 0 Å². The molecule has 0 saturated carbocycles. The van der Waals surface area contributed by atoms with Gasteiger partial charge >= 0.3 is 0 Å². The molecule has 128 valence electrons. The fourth-order valence-corrected chi connectivity index (χ4v) is 2.17. The monoisotopic (exact) mass is 343 g/mol. The van der Waals surface area contributed by atoms with Gasteiger partial charge in [0, 0.05) is 30.3 Å². The van der Waals surface area contributed by atoms with E-state index in [4.69, 9.17) is 5.41 Å². The van der Waals surface area contributed by atoms with Gasteiger partial charge in [-0.05, 0) is 61.6 Å². The van der Waals surface area contributed by atoms with Gasteiger partial charge in [-0.3, -0.25) is 9.79 Å². The second-order valence-corrected chi connectivity index (χ2v) is 6.06. The van der Waals surface area contributed by atoms with E-state index >= 15 is 0 Å². The van der Waals surface area contributed by atoms with E-state index in [2.05, 4.69) is 16.6 Å². The number of carbonyl (C=O) groups is 1. The smallest absolute Gasteiger partial charge is 0.248 e. The van der Waals surface area contributed by atoms with Crippen LogP contribution < -0.4 is 5.32 Å². The third-order valence-corrected chi connectivity index (χ3v) is 3.82. The van der Waals surface area contributed by atoms with Crippen LogP contribution in [0.2, 0.25) is 0 Å². The minimum atomic E-state index is -0.167. The molecule has 5 heteroatoms. The molecule has 4 nitrogen and oxygen atoms in total. The Bertz CT molecular complexity index is 604. The molecule has 0 heterocycles. The summed E-state index contributed by atoms with van der Waals surface area (Å²) in [7, 11) is 0. The third-order valence-electron chi connectivity index (χ3n) is 3.22. The summed E-state index contributed by atoms with van der Waals surface area (Å²) in [6, 6.07) is 7.70. The number of carbonyl (C=O) groups excluding carboxylic acids is 1. The Morgan fingerprint density at radius 3 is 2.67 bits per heavy atom. The second-order valence-electron chi connectivity index (χ2n) is 5.08. The van der Waals surface area contributed by atoms with Crippen LogP contribution in [0.25, 0.3) is 0 Å². The van der Waals surface area contributed by atoms with Crippen molar-refractivity contribution in [3.8, 4) is 0 Å². The standard InChI is InChI=1S/C19H25N3OS/c1-3-16(15-21-13-14-24-2)8-11-19(23)22-18-9-6-17(7-10-18)5-4-12-20/h3,6-12,15,20H,4-5,13-14H2,1-2H3,(H,22,23)/b11-8+,16-3-,20-12?,21-15-. The van der Waals surface area contributed by atoms with Crippen LogP contribution in [0.4, 0.5) is 5.69 Å². The number of benzene rings is 1. The van der Waals surface area contributed by atoms with E-state index in [0.29, 0.717) is 0 Å². The lowest BCUT2D eigenvalue weighted by Crippen LogP contribution is -2.08. The van der Waals surface area contributed by atoms with Crippen LogP contribution in [0.5, 0.6) is 0 Å². The quantitative estimate of drug-likeness (QED) is 0.290.